The van der Waals surface area contributed by atoms with Crippen LogP contribution in [0.5, 0.6) is 11.6 Å². The lowest BCUT2D eigenvalue weighted by Gasteiger charge is -2.24. The number of hydrogen-bond donors (Lipinski definition) is 1. The molecule has 0 bridgehead atoms. The van der Waals surface area contributed by atoms with Gasteiger partial charge in [0.15, 0.2) is 0 Å². The number of amides is 1. The number of nitrogens with zero attached hydrogens (tertiary/aromatic N) is 2. The van der Waals surface area contributed by atoms with E-state index in [0.717, 1.165) is 5.56 Å². The molecule has 3 aromatic rings. The Morgan fingerprint density at radius 3 is 2.73 bits per heavy atom. The molecule has 6 nitrogen and oxygen atoms in total. The number of aliphatic hydroxyl groups excluding tert-OH is 1. The molecule has 1 aliphatic rings. The molecule has 1 aromatic heterocycles. The lowest BCUT2D eigenvalue weighted by molar-refractivity contribution is 0.110. The van der Waals surface area contributed by atoms with Crippen molar-refractivity contribution in [1.29, 1.82) is 0 Å². The van der Waals surface area contributed by atoms with Gasteiger partial charge in [0.05, 0.1) is 18.7 Å². The number of aliphatic hydroxyl groups is 1. The zero-order chi connectivity index (χ0) is 20.9. The summed E-state index contributed by atoms with van der Waals surface area (Å²) in [6, 6.07) is 20.0. The largest absolute Gasteiger partial charge is 0.447 e. The van der Waals surface area contributed by atoms with Crippen molar-refractivity contribution < 1.29 is 19.4 Å². The summed E-state index contributed by atoms with van der Waals surface area (Å²) in [7, 11) is 0. The number of carbonyl (C=O) groups excluding carboxylic acids is 1. The third kappa shape index (κ3) is 4.90. The molecule has 2 atom stereocenters. The monoisotopic (exact) mass is 424 g/mol. The molecular weight excluding hydrogens is 404 g/mol. The average Bonchev–Trinajstić information content (AvgIpc) is 3.09. The Kier molecular flexibility index (Phi) is 6.16. The van der Waals surface area contributed by atoms with Gasteiger partial charge in [-0.1, -0.05) is 41.9 Å². The van der Waals surface area contributed by atoms with E-state index in [9.17, 15) is 9.90 Å². The highest BCUT2D eigenvalue weighted by Crippen LogP contribution is 2.25. The molecule has 4 rings (SSSR count). The minimum absolute atomic E-state index is 0.144. The van der Waals surface area contributed by atoms with E-state index in [2.05, 4.69) is 4.98 Å². The number of cyclic esters (lactones) is 1. The Labute approximate surface area is 179 Å². The highest BCUT2D eigenvalue weighted by atomic mass is 35.5. The second-order valence-electron chi connectivity index (χ2n) is 7.07. The second-order valence-corrected chi connectivity index (χ2v) is 7.51. The van der Waals surface area contributed by atoms with Gasteiger partial charge in [-0.05, 0) is 47.9 Å². The molecule has 2 heterocycles. The van der Waals surface area contributed by atoms with Gasteiger partial charge in [-0.25, -0.2) is 9.78 Å². The van der Waals surface area contributed by atoms with Crippen molar-refractivity contribution >= 4 is 17.7 Å². The quantitative estimate of drug-likeness (QED) is 0.599. The molecule has 1 fully saturated rings. The maximum absolute atomic E-state index is 12.2. The summed E-state index contributed by atoms with van der Waals surface area (Å²) in [5.41, 5.74) is 1.70. The Hall–Kier alpha value is -3.09. The normalized spacial score (nSPS) is 16.9. The Morgan fingerprint density at radius 1 is 1.17 bits per heavy atom. The molecule has 1 N–H and O–H groups in total. The standard InChI is InChI=1S/C23H21ClN2O4/c24-18-5-3-4-17(13-18)21(27)14-26-19(15-29-23(26)28)12-16-7-9-20(10-8-16)30-22-6-1-2-11-25-22/h1-11,13,19,21,27H,12,14-15H2/t19-,21+/m0/s1. The van der Waals surface area contributed by atoms with Crippen molar-refractivity contribution in [2.75, 3.05) is 13.2 Å². The van der Waals surface area contributed by atoms with E-state index in [-0.39, 0.29) is 19.2 Å². The van der Waals surface area contributed by atoms with Crippen LogP contribution in [0.25, 0.3) is 0 Å². The van der Waals surface area contributed by atoms with Crippen molar-refractivity contribution in [3.8, 4) is 11.6 Å². The number of carbonyl (C=O) groups is 1. The molecular formula is C23H21ClN2O4. The molecule has 0 saturated carbocycles. The van der Waals surface area contributed by atoms with Crippen LogP contribution in [0.3, 0.4) is 0 Å². The molecule has 154 valence electrons. The van der Waals surface area contributed by atoms with Gasteiger partial charge in [-0.15, -0.1) is 0 Å². The number of rotatable bonds is 7. The highest BCUT2D eigenvalue weighted by molar-refractivity contribution is 6.30. The average molecular weight is 425 g/mol. The van der Waals surface area contributed by atoms with Gasteiger partial charge in [0.2, 0.25) is 5.88 Å². The Bertz CT molecular complexity index is 998. The molecule has 0 unspecified atom stereocenters. The predicted octanol–water partition coefficient (Wildman–Crippen LogP) is 4.62. The lowest BCUT2D eigenvalue weighted by Crippen LogP contribution is -2.38. The van der Waals surface area contributed by atoms with Crippen molar-refractivity contribution in [2.45, 2.75) is 18.6 Å². The van der Waals surface area contributed by atoms with Crippen LogP contribution in [0.2, 0.25) is 5.02 Å². The number of β-amino-alcohol motifs (C(OH)–C–C–N with tert-alkyl or cyclic N) is 1. The van der Waals surface area contributed by atoms with Gasteiger partial charge in [0.1, 0.15) is 12.4 Å². The fraction of sp³-hybridized carbons (Fsp3) is 0.217. The van der Waals surface area contributed by atoms with Gasteiger partial charge in [0, 0.05) is 17.3 Å². The fourth-order valence-electron chi connectivity index (χ4n) is 3.38. The smallest absolute Gasteiger partial charge is 0.410 e. The van der Waals surface area contributed by atoms with Gasteiger partial charge < -0.3 is 14.6 Å². The first-order valence-corrected chi connectivity index (χ1v) is 10.0. The molecule has 7 heteroatoms. The second kappa shape index (κ2) is 9.15. The molecule has 30 heavy (non-hydrogen) atoms. The third-order valence-electron chi connectivity index (χ3n) is 4.93. The summed E-state index contributed by atoms with van der Waals surface area (Å²) >= 11 is 6.00. The molecule has 1 amide bonds. The lowest BCUT2D eigenvalue weighted by atomic mass is 10.0. The number of ether oxygens (including phenoxy) is 2. The van der Waals surface area contributed by atoms with Crippen LogP contribution in [0, 0.1) is 0 Å². The van der Waals surface area contributed by atoms with Crippen LogP contribution in [0.4, 0.5) is 4.79 Å². The van der Waals surface area contributed by atoms with Crippen molar-refractivity contribution in [3.05, 3.63) is 89.1 Å². The summed E-state index contributed by atoms with van der Waals surface area (Å²) in [5, 5.41) is 11.1. The summed E-state index contributed by atoms with van der Waals surface area (Å²) in [6.45, 7) is 0.429. The van der Waals surface area contributed by atoms with Crippen LogP contribution >= 0.6 is 11.6 Å². The van der Waals surface area contributed by atoms with Gasteiger partial charge in [0.25, 0.3) is 0 Å². The molecule has 0 spiro atoms. The van der Waals surface area contributed by atoms with Crippen LogP contribution in [0.15, 0.2) is 72.9 Å². The number of aromatic nitrogens is 1. The molecule has 1 saturated heterocycles. The number of hydrogen-bond acceptors (Lipinski definition) is 5. The minimum atomic E-state index is -0.842. The zero-order valence-corrected chi connectivity index (χ0v) is 16.9. The summed E-state index contributed by atoms with van der Waals surface area (Å²) in [4.78, 5) is 17.9. The SMILES string of the molecule is O=C1OC[C@H](Cc2ccc(Oc3ccccn3)cc2)N1C[C@@H](O)c1cccc(Cl)c1. The molecule has 2 aromatic carbocycles. The minimum Gasteiger partial charge on any atom is -0.447 e. The van der Waals surface area contributed by atoms with Crippen LogP contribution in [0.1, 0.15) is 17.2 Å². The van der Waals surface area contributed by atoms with E-state index < -0.39 is 12.2 Å². The maximum Gasteiger partial charge on any atom is 0.410 e. The number of halogens is 1. The summed E-state index contributed by atoms with van der Waals surface area (Å²) < 4.78 is 10.9. The highest BCUT2D eigenvalue weighted by Gasteiger charge is 2.34. The number of pyridine rings is 1. The van der Waals surface area contributed by atoms with E-state index in [1.54, 1.807) is 41.4 Å². The van der Waals surface area contributed by atoms with E-state index in [1.807, 2.05) is 36.4 Å². The summed E-state index contributed by atoms with van der Waals surface area (Å²) in [5.74, 6) is 1.21. The summed E-state index contributed by atoms with van der Waals surface area (Å²) in [6.07, 6.45) is 1.02. The van der Waals surface area contributed by atoms with Gasteiger partial charge >= 0.3 is 6.09 Å². The van der Waals surface area contributed by atoms with Crippen LogP contribution in [-0.2, 0) is 11.2 Å². The fourth-order valence-corrected chi connectivity index (χ4v) is 3.58. The zero-order valence-electron chi connectivity index (χ0n) is 16.1. The molecule has 1 aliphatic heterocycles. The predicted molar refractivity (Wildman–Crippen MR) is 113 cm³/mol. The van der Waals surface area contributed by atoms with Gasteiger partial charge in [-0.3, -0.25) is 4.90 Å². The first-order chi connectivity index (χ1) is 14.6. The van der Waals surface area contributed by atoms with Crippen molar-refractivity contribution in [2.24, 2.45) is 0 Å². The maximum atomic E-state index is 12.2. The van der Waals surface area contributed by atoms with Gasteiger partial charge in [-0.2, -0.15) is 0 Å². The number of benzene rings is 2. The Balaban J connectivity index is 1.40. The van der Waals surface area contributed by atoms with E-state index in [1.165, 1.54) is 0 Å². The third-order valence-corrected chi connectivity index (χ3v) is 5.17. The van der Waals surface area contributed by atoms with Crippen LogP contribution in [-0.4, -0.2) is 40.3 Å². The first-order valence-electron chi connectivity index (χ1n) is 9.63. The van der Waals surface area contributed by atoms with Crippen molar-refractivity contribution in [1.82, 2.24) is 9.88 Å². The molecule has 0 radical (unpaired) electrons. The Morgan fingerprint density at radius 2 is 2.00 bits per heavy atom. The van der Waals surface area contributed by atoms with E-state index in [4.69, 9.17) is 21.1 Å². The molecule has 0 aliphatic carbocycles. The first kappa shape index (κ1) is 20.2. The van der Waals surface area contributed by atoms with E-state index >= 15 is 0 Å². The van der Waals surface area contributed by atoms with Crippen molar-refractivity contribution in [3.63, 3.8) is 0 Å². The van der Waals surface area contributed by atoms with E-state index in [0.29, 0.717) is 28.6 Å². The van der Waals surface area contributed by atoms with Crippen LogP contribution < -0.4 is 4.74 Å². The topological polar surface area (TPSA) is 71.9 Å².